The Morgan fingerprint density at radius 1 is 0.976 bits per heavy atom. The van der Waals surface area contributed by atoms with E-state index in [0.29, 0.717) is 16.6 Å². The lowest BCUT2D eigenvalue weighted by Gasteiger charge is -2.34. The number of hydrogen-bond acceptors (Lipinski definition) is 4. The topological polar surface area (TPSA) is 86.8 Å². The molecule has 0 unspecified atom stereocenters. The van der Waals surface area contributed by atoms with Gasteiger partial charge in [-0.15, -0.1) is 0 Å². The van der Waals surface area contributed by atoms with Crippen molar-refractivity contribution in [2.45, 2.75) is 76.4 Å². The summed E-state index contributed by atoms with van der Waals surface area (Å²) in [6.07, 6.45) is 4.41. The summed E-state index contributed by atoms with van der Waals surface area (Å²) in [5.41, 5.74) is 3.18. The quantitative estimate of drug-likeness (QED) is 0.274. The summed E-state index contributed by atoms with van der Waals surface area (Å²) in [6.45, 7) is 5.47. The van der Waals surface area contributed by atoms with Crippen LogP contribution in [0.1, 0.15) is 55.7 Å². The van der Waals surface area contributed by atoms with Gasteiger partial charge in [-0.05, 0) is 74.6 Å². The first kappa shape index (κ1) is 30.8. The lowest BCUT2D eigenvalue weighted by atomic mass is 10.1. The zero-order valence-corrected chi connectivity index (χ0v) is 26.2. The van der Waals surface area contributed by atoms with Crippen LogP contribution < -0.4 is 9.62 Å². The van der Waals surface area contributed by atoms with Crippen LogP contribution in [0.4, 0.5) is 5.69 Å². The Kier molecular flexibility index (Phi) is 10.3. The fourth-order valence-electron chi connectivity index (χ4n) is 5.26. The van der Waals surface area contributed by atoms with Gasteiger partial charge in [-0.1, -0.05) is 83.7 Å². The largest absolute Gasteiger partial charge is 0.352 e. The van der Waals surface area contributed by atoms with Crippen molar-refractivity contribution in [3.05, 3.63) is 94.0 Å². The number of nitrogens with zero attached hydrogens (tertiary/aromatic N) is 2. The van der Waals surface area contributed by atoms with Crippen LogP contribution in [0.15, 0.2) is 82.2 Å². The number of sulfonamides is 1. The Hall–Kier alpha value is -3.17. The predicted molar refractivity (Wildman–Crippen MR) is 166 cm³/mol. The molecule has 1 atom stereocenters. The second-order valence-electron chi connectivity index (χ2n) is 10.7. The zero-order chi connectivity index (χ0) is 29.6. The molecule has 2 amide bonds. The Morgan fingerprint density at radius 2 is 1.66 bits per heavy atom. The van der Waals surface area contributed by atoms with Gasteiger partial charge in [0.15, 0.2) is 0 Å². The number of halogens is 1. The van der Waals surface area contributed by atoms with Crippen LogP contribution in [-0.2, 0) is 26.2 Å². The first-order chi connectivity index (χ1) is 19.6. The maximum atomic E-state index is 14.2. The maximum absolute atomic E-state index is 14.2. The van der Waals surface area contributed by atoms with Crippen molar-refractivity contribution in [1.29, 1.82) is 0 Å². The van der Waals surface area contributed by atoms with Crippen molar-refractivity contribution in [3.63, 3.8) is 0 Å². The molecule has 9 heteroatoms. The van der Waals surface area contributed by atoms with Crippen LogP contribution >= 0.6 is 15.9 Å². The Balaban J connectivity index is 1.72. The number of carbonyl (C=O) groups excluding carboxylic acids is 2. The number of amides is 2. The fourth-order valence-corrected chi connectivity index (χ4v) is 7.05. The van der Waals surface area contributed by atoms with Gasteiger partial charge >= 0.3 is 0 Å². The molecule has 0 spiro atoms. The van der Waals surface area contributed by atoms with E-state index in [9.17, 15) is 18.0 Å². The number of aryl methyl sites for hydroxylation is 2. The minimum atomic E-state index is -4.10. The van der Waals surface area contributed by atoms with Crippen molar-refractivity contribution in [2.24, 2.45) is 0 Å². The molecule has 1 aliphatic rings. The standard InChI is InChI=1S/C32H38BrN3O4S/c1-4-30(32(38)34-27-13-7-8-14-27)35(21-25-11-6-5-10-24(25)3)31(37)22-36(28-15-9-12-26(33)20-28)41(39,40)29-18-16-23(2)17-19-29/h5-6,9-12,15-20,27,30H,4,7-8,13-14,21-22H2,1-3H3,(H,34,38)/t30-/m0/s1. The highest BCUT2D eigenvalue weighted by Crippen LogP contribution is 2.28. The lowest BCUT2D eigenvalue weighted by molar-refractivity contribution is -0.140. The van der Waals surface area contributed by atoms with Gasteiger partial charge in [0.05, 0.1) is 10.6 Å². The van der Waals surface area contributed by atoms with Crippen LogP contribution in [0.3, 0.4) is 0 Å². The first-order valence-corrected chi connectivity index (χ1v) is 16.3. The average Bonchev–Trinajstić information content (AvgIpc) is 3.45. The molecule has 0 aromatic heterocycles. The second kappa shape index (κ2) is 13.7. The van der Waals surface area contributed by atoms with Gasteiger partial charge in [0, 0.05) is 17.1 Å². The third kappa shape index (κ3) is 7.57. The molecule has 7 nitrogen and oxygen atoms in total. The third-order valence-corrected chi connectivity index (χ3v) is 9.95. The predicted octanol–water partition coefficient (Wildman–Crippen LogP) is 6.13. The minimum Gasteiger partial charge on any atom is -0.352 e. The van der Waals surface area contributed by atoms with Crippen LogP contribution in [0.2, 0.25) is 0 Å². The monoisotopic (exact) mass is 639 g/mol. The molecular formula is C32H38BrN3O4S. The average molecular weight is 641 g/mol. The molecule has 218 valence electrons. The van der Waals surface area contributed by atoms with E-state index in [1.54, 1.807) is 53.4 Å². The highest BCUT2D eigenvalue weighted by atomic mass is 79.9. The number of hydrogen-bond donors (Lipinski definition) is 1. The van der Waals surface area contributed by atoms with Crippen molar-refractivity contribution >= 4 is 43.5 Å². The summed E-state index contributed by atoms with van der Waals surface area (Å²) in [5.74, 6) is -0.644. The highest BCUT2D eigenvalue weighted by Gasteiger charge is 2.34. The maximum Gasteiger partial charge on any atom is 0.264 e. The van der Waals surface area contributed by atoms with Gasteiger partial charge in [0.25, 0.3) is 10.0 Å². The second-order valence-corrected chi connectivity index (χ2v) is 13.4. The van der Waals surface area contributed by atoms with E-state index in [1.165, 1.54) is 0 Å². The van der Waals surface area contributed by atoms with Crippen LogP contribution in [-0.4, -0.2) is 43.8 Å². The number of rotatable bonds is 11. The summed E-state index contributed by atoms with van der Waals surface area (Å²) >= 11 is 3.44. The van der Waals surface area contributed by atoms with E-state index in [4.69, 9.17) is 0 Å². The Bertz CT molecular complexity index is 1470. The molecule has 1 saturated carbocycles. The highest BCUT2D eigenvalue weighted by molar-refractivity contribution is 9.10. The SMILES string of the molecule is CC[C@@H](C(=O)NC1CCCC1)N(Cc1ccccc1C)C(=O)CN(c1cccc(Br)c1)S(=O)(=O)c1ccc(C)cc1. The molecule has 3 aromatic rings. The lowest BCUT2D eigenvalue weighted by Crippen LogP contribution is -2.53. The molecule has 1 fully saturated rings. The van der Waals surface area contributed by atoms with Crippen LogP contribution in [0.5, 0.6) is 0 Å². The molecule has 0 radical (unpaired) electrons. The smallest absolute Gasteiger partial charge is 0.264 e. The van der Waals surface area contributed by atoms with Gasteiger partial charge in [0.1, 0.15) is 12.6 Å². The zero-order valence-electron chi connectivity index (χ0n) is 23.8. The van der Waals surface area contributed by atoms with E-state index in [1.807, 2.05) is 45.0 Å². The van der Waals surface area contributed by atoms with Gasteiger partial charge in [-0.2, -0.15) is 0 Å². The molecule has 41 heavy (non-hydrogen) atoms. The summed E-state index contributed by atoms with van der Waals surface area (Å²) in [7, 11) is -4.10. The van der Waals surface area contributed by atoms with Crippen molar-refractivity contribution in [3.8, 4) is 0 Å². The summed E-state index contributed by atoms with van der Waals surface area (Å²) in [5, 5.41) is 3.15. The number of carbonyl (C=O) groups is 2. The molecule has 4 rings (SSSR count). The molecule has 1 aliphatic carbocycles. The number of anilines is 1. The van der Waals surface area contributed by atoms with Crippen molar-refractivity contribution in [2.75, 3.05) is 10.8 Å². The Labute approximate surface area is 252 Å². The molecular weight excluding hydrogens is 602 g/mol. The van der Waals surface area contributed by atoms with E-state index < -0.39 is 28.5 Å². The molecule has 3 aromatic carbocycles. The Morgan fingerprint density at radius 3 is 2.29 bits per heavy atom. The number of benzene rings is 3. The van der Waals surface area contributed by atoms with E-state index in [2.05, 4.69) is 21.2 Å². The van der Waals surface area contributed by atoms with Gasteiger partial charge in [-0.3, -0.25) is 13.9 Å². The molecule has 0 bridgehead atoms. The molecule has 1 N–H and O–H groups in total. The van der Waals surface area contributed by atoms with Gasteiger partial charge < -0.3 is 10.2 Å². The minimum absolute atomic E-state index is 0.0901. The summed E-state index contributed by atoms with van der Waals surface area (Å²) in [4.78, 5) is 29.4. The molecule has 0 aliphatic heterocycles. The van der Waals surface area contributed by atoms with E-state index in [0.717, 1.165) is 46.7 Å². The normalized spacial score (nSPS) is 14.4. The van der Waals surface area contributed by atoms with Gasteiger partial charge in [0.2, 0.25) is 11.8 Å². The van der Waals surface area contributed by atoms with Crippen LogP contribution in [0.25, 0.3) is 0 Å². The van der Waals surface area contributed by atoms with Gasteiger partial charge in [-0.25, -0.2) is 8.42 Å². The molecule has 0 saturated heterocycles. The van der Waals surface area contributed by atoms with Crippen molar-refractivity contribution < 1.29 is 18.0 Å². The molecule has 0 heterocycles. The number of nitrogens with one attached hydrogen (secondary N) is 1. The first-order valence-electron chi connectivity index (χ1n) is 14.1. The van der Waals surface area contributed by atoms with E-state index in [-0.39, 0.29) is 23.4 Å². The fraction of sp³-hybridized carbons (Fsp3) is 0.375. The summed E-state index contributed by atoms with van der Waals surface area (Å²) in [6, 6.07) is 20.5. The van der Waals surface area contributed by atoms with Crippen LogP contribution in [0, 0.1) is 13.8 Å². The van der Waals surface area contributed by atoms with E-state index >= 15 is 0 Å². The third-order valence-electron chi connectivity index (χ3n) is 7.67. The summed E-state index contributed by atoms with van der Waals surface area (Å²) < 4.78 is 29.8. The van der Waals surface area contributed by atoms with Crippen molar-refractivity contribution in [1.82, 2.24) is 10.2 Å².